The first kappa shape index (κ1) is 19.0. The molecule has 144 valence electrons. The molecule has 1 aromatic carbocycles. The highest BCUT2D eigenvalue weighted by Gasteiger charge is 2.29. The molecule has 0 saturated heterocycles. The van der Waals surface area contributed by atoms with Gasteiger partial charge in [0.1, 0.15) is 11.1 Å². The Morgan fingerprint density at radius 2 is 2.04 bits per heavy atom. The summed E-state index contributed by atoms with van der Waals surface area (Å²) in [6.07, 6.45) is 6.12. The molecule has 2 N–H and O–H groups in total. The number of thiophene rings is 1. The quantitative estimate of drug-likeness (QED) is 0.682. The molecule has 5 nitrogen and oxygen atoms in total. The van der Waals surface area contributed by atoms with Crippen LogP contribution in [-0.4, -0.2) is 17.6 Å². The summed E-state index contributed by atoms with van der Waals surface area (Å²) in [6, 6.07) is 9.83. The number of hydrogen-bond donors (Lipinski definition) is 2. The van der Waals surface area contributed by atoms with Crippen LogP contribution in [-0.2, 0) is 22.4 Å². The van der Waals surface area contributed by atoms with Crippen LogP contribution in [0.25, 0.3) is 0 Å². The van der Waals surface area contributed by atoms with Gasteiger partial charge in [-0.05, 0) is 62.3 Å². The van der Waals surface area contributed by atoms with Crippen LogP contribution in [0.15, 0.2) is 29.2 Å². The fraction of sp³-hybridized carbons (Fsp3) is 0.381. The minimum absolute atomic E-state index is 0.0746. The highest BCUT2D eigenvalue weighted by molar-refractivity contribution is 8.00. The number of nitriles is 1. The Bertz CT molecular complexity index is 957. The van der Waals surface area contributed by atoms with Gasteiger partial charge in [0.05, 0.1) is 11.3 Å². The molecule has 0 radical (unpaired) electrons. The van der Waals surface area contributed by atoms with Crippen molar-refractivity contribution in [2.24, 2.45) is 5.92 Å². The van der Waals surface area contributed by atoms with Gasteiger partial charge in [0.2, 0.25) is 11.8 Å². The molecule has 0 aliphatic heterocycles. The highest BCUT2D eigenvalue weighted by atomic mass is 32.2. The molecule has 1 fully saturated rings. The van der Waals surface area contributed by atoms with E-state index in [-0.39, 0.29) is 23.5 Å². The van der Waals surface area contributed by atoms with Crippen LogP contribution < -0.4 is 10.6 Å². The molecule has 1 saturated carbocycles. The fourth-order valence-electron chi connectivity index (χ4n) is 3.34. The molecule has 2 aliphatic carbocycles. The standard InChI is InChI=1S/C21H21N3O2S2/c22-11-17-16-6-1-2-7-18(16)28-21(17)24-19(25)12-27-15-5-3-4-14(10-15)23-20(26)13-8-9-13/h3-5,10,13H,1-2,6-9,12H2,(H,23,26)(H,24,25). The topological polar surface area (TPSA) is 82.0 Å². The lowest BCUT2D eigenvalue weighted by Crippen LogP contribution is -2.14. The first-order chi connectivity index (χ1) is 13.6. The largest absolute Gasteiger partial charge is 0.326 e. The number of carbonyl (C=O) groups excluding carboxylic acids is 2. The molecule has 1 aromatic heterocycles. The number of nitrogens with one attached hydrogen (secondary N) is 2. The Labute approximate surface area is 172 Å². The van der Waals surface area contributed by atoms with Crippen LogP contribution >= 0.6 is 23.1 Å². The third-order valence-corrected chi connectivity index (χ3v) is 7.16. The number of anilines is 2. The Morgan fingerprint density at radius 1 is 1.21 bits per heavy atom. The minimum Gasteiger partial charge on any atom is -0.326 e. The average molecular weight is 412 g/mol. The van der Waals surface area contributed by atoms with Gasteiger partial charge in [-0.2, -0.15) is 5.26 Å². The molecular weight excluding hydrogens is 390 g/mol. The maximum absolute atomic E-state index is 12.4. The van der Waals surface area contributed by atoms with Crippen molar-refractivity contribution >= 4 is 45.6 Å². The molecule has 0 unspecified atom stereocenters. The van der Waals surface area contributed by atoms with Crippen molar-refractivity contribution in [2.75, 3.05) is 16.4 Å². The second-order valence-corrected chi connectivity index (χ2v) is 9.31. The molecule has 2 aromatic rings. The number of amides is 2. The lowest BCUT2D eigenvalue weighted by molar-refractivity contribution is -0.117. The average Bonchev–Trinajstić information content (AvgIpc) is 3.49. The van der Waals surface area contributed by atoms with Crippen molar-refractivity contribution in [1.29, 1.82) is 5.26 Å². The Balaban J connectivity index is 1.35. The number of carbonyl (C=O) groups is 2. The van der Waals surface area contributed by atoms with Gasteiger partial charge in [-0.3, -0.25) is 9.59 Å². The summed E-state index contributed by atoms with van der Waals surface area (Å²) in [7, 11) is 0. The molecule has 0 spiro atoms. The van der Waals surface area contributed by atoms with Gasteiger partial charge in [0.15, 0.2) is 0 Å². The van der Waals surface area contributed by atoms with Crippen LogP contribution in [0.3, 0.4) is 0 Å². The number of aryl methyl sites for hydroxylation is 1. The number of nitrogens with zero attached hydrogens (tertiary/aromatic N) is 1. The molecule has 28 heavy (non-hydrogen) atoms. The van der Waals surface area contributed by atoms with Crippen molar-refractivity contribution in [2.45, 2.75) is 43.4 Å². The third-order valence-electron chi connectivity index (χ3n) is 4.96. The SMILES string of the molecule is N#Cc1c(NC(=O)CSc2cccc(NC(=O)C3CC3)c2)sc2c1CCCC2. The van der Waals surface area contributed by atoms with Crippen LogP contribution in [0.5, 0.6) is 0 Å². The predicted octanol–water partition coefficient (Wildman–Crippen LogP) is 4.58. The van der Waals surface area contributed by atoms with Gasteiger partial charge in [0.25, 0.3) is 0 Å². The summed E-state index contributed by atoms with van der Waals surface area (Å²) < 4.78 is 0. The molecular formula is C21H21N3O2S2. The summed E-state index contributed by atoms with van der Waals surface area (Å²) in [6.45, 7) is 0. The Kier molecular flexibility index (Phi) is 5.69. The van der Waals surface area contributed by atoms with E-state index in [1.54, 1.807) is 11.3 Å². The molecule has 0 atom stereocenters. The Morgan fingerprint density at radius 3 is 2.82 bits per heavy atom. The van der Waals surface area contributed by atoms with Crippen molar-refractivity contribution in [3.63, 3.8) is 0 Å². The third kappa shape index (κ3) is 4.40. The first-order valence-electron chi connectivity index (χ1n) is 9.52. The maximum atomic E-state index is 12.4. The summed E-state index contributed by atoms with van der Waals surface area (Å²) in [4.78, 5) is 26.5. The van der Waals surface area contributed by atoms with Crippen molar-refractivity contribution in [3.05, 3.63) is 40.3 Å². The van der Waals surface area contributed by atoms with Gasteiger partial charge in [-0.15, -0.1) is 23.1 Å². The molecule has 7 heteroatoms. The van der Waals surface area contributed by atoms with E-state index >= 15 is 0 Å². The van der Waals surface area contributed by atoms with Crippen LogP contribution in [0.2, 0.25) is 0 Å². The lowest BCUT2D eigenvalue weighted by Gasteiger charge is -2.09. The van der Waals surface area contributed by atoms with E-state index in [4.69, 9.17) is 0 Å². The first-order valence-corrected chi connectivity index (χ1v) is 11.3. The number of thioether (sulfide) groups is 1. The normalized spacial score (nSPS) is 15.4. The predicted molar refractivity (Wildman–Crippen MR) is 113 cm³/mol. The van der Waals surface area contributed by atoms with Crippen LogP contribution in [0, 0.1) is 17.2 Å². The van der Waals surface area contributed by atoms with E-state index in [1.165, 1.54) is 16.6 Å². The van der Waals surface area contributed by atoms with Gasteiger partial charge in [-0.25, -0.2) is 0 Å². The second-order valence-electron chi connectivity index (χ2n) is 7.16. The highest BCUT2D eigenvalue weighted by Crippen LogP contribution is 2.37. The molecule has 0 bridgehead atoms. The monoisotopic (exact) mass is 411 g/mol. The van der Waals surface area contributed by atoms with E-state index in [2.05, 4.69) is 16.7 Å². The van der Waals surface area contributed by atoms with E-state index in [0.29, 0.717) is 10.6 Å². The number of benzene rings is 1. The fourth-order valence-corrected chi connectivity index (χ4v) is 5.35. The zero-order chi connectivity index (χ0) is 19.5. The summed E-state index contributed by atoms with van der Waals surface area (Å²) in [5, 5.41) is 16.0. The zero-order valence-electron chi connectivity index (χ0n) is 15.4. The summed E-state index contributed by atoms with van der Waals surface area (Å²) in [5.74, 6) is 0.374. The number of rotatable bonds is 6. The van der Waals surface area contributed by atoms with Crippen molar-refractivity contribution in [3.8, 4) is 6.07 Å². The van der Waals surface area contributed by atoms with Crippen molar-refractivity contribution < 1.29 is 9.59 Å². The smallest absolute Gasteiger partial charge is 0.235 e. The van der Waals surface area contributed by atoms with Gasteiger partial charge < -0.3 is 10.6 Å². The minimum atomic E-state index is -0.118. The van der Waals surface area contributed by atoms with Gasteiger partial charge in [-0.1, -0.05) is 6.07 Å². The van der Waals surface area contributed by atoms with Crippen molar-refractivity contribution in [1.82, 2.24) is 0 Å². The van der Waals surface area contributed by atoms with E-state index < -0.39 is 0 Å². The zero-order valence-corrected chi connectivity index (χ0v) is 17.0. The second kappa shape index (κ2) is 8.38. The number of fused-ring (bicyclic) bond motifs is 1. The molecule has 2 amide bonds. The maximum Gasteiger partial charge on any atom is 0.235 e. The van der Waals surface area contributed by atoms with Gasteiger partial charge >= 0.3 is 0 Å². The van der Waals surface area contributed by atoms with Crippen LogP contribution in [0.4, 0.5) is 10.7 Å². The molecule has 4 rings (SSSR count). The molecule has 1 heterocycles. The van der Waals surface area contributed by atoms with Crippen LogP contribution in [0.1, 0.15) is 41.7 Å². The Hall–Kier alpha value is -2.30. The van der Waals surface area contributed by atoms with E-state index in [1.807, 2.05) is 24.3 Å². The van der Waals surface area contributed by atoms with E-state index in [9.17, 15) is 14.9 Å². The van der Waals surface area contributed by atoms with E-state index in [0.717, 1.165) is 54.7 Å². The van der Waals surface area contributed by atoms with Gasteiger partial charge in [0, 0.05) is 21.4 Å². The lowest BCUT2D eigenvalue weighted by atomic mass is 9.96. The summed E-state index contributed by atoms with van der Waals surface area (Å²) >= 11 is 2.96. The molecule has 2 aliphatic rings. The number of hydrogen-bond acceptors (Lipinski definition) is 5. The summed E-state index contributed by atoms with van der Waals surface area (Å²) in [5.41, 5.74) is 2.53.